The summed E-state index contributed by atoms with van der Waals surface area (Å²) < 4.78 is 5.32. The van der Waals surface area contributed by atoms with Crippen LogP contribution in [0.25, 0.3) is 0 Å². The molecule has 1 saturated carbocycles. The molecule has 1 N–H and O–H groups in total. The van der Waals surface area contributed by atoms with E-state index in [1.807, 2.05) is 6.92 Å². The fourth-order valence-electron chi connectivity index (χ4n) is 2.60. The monoisotopic (exact) mass is 297 g/mol. The van der Waals surface area contributed by atoms with Crippen LogP contribution >= 0.6 is 11.6 Å². The molecule has 1 aliphatic rings. The van der Waals surface area contributed by atoms with Crippen molar-refractivity contribution in [3.63, 3.8) is 0 Å². The van der Waals surface area contributed by atoms with Crippen LogP contribution in [-0.4, -0.2) is 29.7 Å². The number of ether oxygens (including phenoxy) is 1. The number of nitrogens with zero attached hydrogens (tertiary/aromatic N) is 2. The Hall–Kier alpha value is -0.870. The molecule has 1 aromatic rings. The lowest BCUT2D eigenvalue weighted by Crippen LogP contribution is -2.12. The lowest BCUT2D eigenvalue weighted by atomic mass is 9.89. The molecule has 0 bridgehead atoms. The maximum atomic E-state index is 6.12. The highest BCUT2D eigenvalue weighted by atomic mass is 35.5. The summed E-state index contributed by atoms with van der Waals surface area (Å²) in [7, 11) is 0. The van der Waals surface area contributed by atoms with E-state index >= 15 is 0 Å². The van der Waals surface area contributed by atoms with E-state index in [2.05, 4.69) is 15.3 Å². The summed E-state index contributed by atoms with van der Waals surface area (Å²) in [5.41, 5.74) is 0. The SMILES string of the molecule is CCOCCCNc1cc(Cl)nc(C2CCCCC2)n1. The van der Waals surface area contributed by atoms with E-state index in [9.17, 15) is 0 Å². The zero-order valence-electron chi connectivity index (χ0n) is 12.2. The number of rotatable bonds is 7. The topological polar surface area (TPSA) is 47.0 Å². The number of hydrogen-bond acceptors (Lipinski definition) is 4. The van der Waals surface area contributed by atoms with Gasteiger partial charge in [-0.05, 0) is 26.2 Å². The average molecular weight is 298 g/mol. The van der Waals surface area contributed by atoms with Gasteiger partial charge in [0.15, 0.2) is 0 Å². The molecule has 0 radical (unpaired) electrons. The summed E-state index contributed by atoms with van der Waals surface area (Å²) in [6, 6.07) is 1.80. The van der Waals surface area contributed by atoms with Gasteiger partial charge >= 0.3 is 0 Å². The second-order valence-electron chi connectivity index (χ2n) is 5.25. The molecule has 5 heteroatoms. The van der Waals surface area contributed by atoms with Gasteiger partial charge in [0, 0.05) is 31.7 Å². The smallest absolute Gasteiger partial charge is 0.135 e. The van der Waals surface area contributed by atoms with Crippen LogP contribution in [0.15, 0.2) is 6.07 Å². The van der Waals surface area contributed by atoms with E-state index in [0.717, 1.165) is 37.8 Å². The molecule has 1 aliphatic carbocycles. The highest BCUT2D eigenvalue weighted by Gasteiger charge is 2.19. The van der Waals surface area contributed by atoms with Crippen molar-refractivity contribution >= 4 is 17.4 Å². The molecule has 0 aromatic carbocycles. The van der Waals surface area contributed by atoms with Crippen LogP contribution in [0.2, 0.25) is 5.15 Å². The van der Waals surface area contributed by atoms with Crippen molar-refractivity contribution in [3.05, 3.63) is 17.0 Å². The van der Waals surface area contributed by atoms with E-state index in [-0.39, 0.29) is 0 Å². The van der Waals surface area contributed by atoms with Crippen LogP contribution in [0.4, 0.5) is 5.82 Å². The highest BCUT2D eigenvalue weighted by molar-refractivity contribution is 6.29. The lowest BCUT2D eigenvalue weighted by molar-refractivity contribution is 0.147. The van der Waals surface area contributed by atoms with Gasteiger partial charge in [0.05, 0.1) is 0 Å². The predicted octanol–water partition coefficient (Wildman–Crippen LogP) is 4.02. The van der Waals surface area contributed by atoms with Crippen molar-refractivity contribution in [3.8, 4) is 0 Å². The van der Waals surface area contributed by atoms with Crippen LogP contribution in [0.5, 0.6) is 0 Å². The lowest BCUT2D eigenvalue weighted by Gasteiger charge is -2.20. The molecular formula is C15H24ClN3O. The number of hydrogen-bond donors (Lipinski definition) is 1. The molecule has 112 valence electrons. The quantitative estimate of drug-likeness (QED) is 0.610. The first-order valence-corrected chi connectivity index (χ1v) is 8.03. The van der Waals surface area contributed by atoms with Crippen molar-refractivity contribution in [2.75, 3.05) is 25.1 Å². The first-order valence-electron chi connectivity index (χ1n) is 7.65. The van der Waals surface area contributed by atoms with Gasteiger partial charge in [-0.2, -0.15) is 0 Å². The highest BCUT2D eigenvalue weighted by Crippen LogP contribution is 2.31. The van der Waals surface area contributed by atoms with Gasteiger partial charge in [-0.15, -0.1) is 0 Å². The molecule has 0 aliphatic heterocycles. The minimum absolute atomic E-state index is 0.478. The van der Waals surface area contributed by atoms with Crippen LogP contribution in [-0.2, 0) is 4.74 Å². The fourth-order valence-corrected chi connectivity index (χ4v) is 2.79. The molecule has 20 heavy (non-hydrogen) atoms. The Morgan fingerprint density at radius 3 is 2.85 bits per heavy atom. The first-order chi connectivity index (χ1) is 9.79. The molecule has 2 rings (SSSR count). The second kappa shape index (κ2) is 8.42. The third kappa shape index (κ3) is 4.91. The summed E-state index contributed by atoms with van der Waals surface area (Å²) in [6.07, 6.45) is 7.22. The van der Waals surface area contributed by atoms with Gasteiger partial charge in [-0.25, -0.2) is 9.97 Å². The van der Waals surface area contributed by atoms with Gasteiger partial charge in [0.1, 0.15) is 16.8 Å². The van der Waals surface area contributed by atoms with E-state index in [4.69, 9.17) is 16.3 Å². The summed E-state index contributed by atoms with van der Waals surface area (Å²) in [4.78, 5) is 9.03. The van der Waals surface area contributed by atoms with Gasteiger partial charge < -0.3 is 10.1 Å². The van der Waals surface area contributed by atoms with Crippen molar-refractivity contribution in [1.82, 2.24) is 9.97 Å². The normalized spacial score (nSPS) is 16.3. The van der Waals surface area contributed by atoms with Gasteiger partial charge in [0.2, 0.25) is 0 Å². The number of nitrogens with one attached hydrogen (secondary N) is 1. The molecular weight excluding hydrogens is 274 g/mol. The van der Waals surface area contributed by atoms with Gasteiger partial charge in [0.25, 0.3) is 0 Å². The van der Waals surface area contributed by atoms with Crippen molar-refractivity contribution in [2.24, 2.45) is 0 Å². The molecule has 1 heterocycles. The summed E-state index contributed by atoms with van der Waals surface area (Å²) in [5, 5.41) is 3.84. The van der Waals surface area contributed by atoms with Gasteiger partial charge in [-0.1, -0.05) is 30.9 Å². The largest absolute Gasteiger partial charge is 0.382 e. The van der Waals surface area contributed by atoms with Crippen LogP contribution in [0, 0.1) is 0 Å². The van der Waals surface area contributed by atoms with Crippen LogP contribution in [0.1, 0.15) is 57.2 Å². The Bertz CT molecular complexity index is 408. The summed E-state index contributed by atoms with van der Waals surface area (Å²) >= 11 is 6.12. The fraction of sp³-hybridized carbons (Fsp3) is 0.733. The maximum absolute atomic E-state index is 6.12. The third-order valence-corrected chi connectivity index (χ3v) is 3.85. The first kappa shape index (κ1) is 15.5. The minimum atomic E-state index is 0.478. The van der Waals surface area contributed by atoms with E-state index < -0.39 is 0 Å². The molecule has 0 saturated heterocycles. The molecule has 0 unspecified atom stereocenters. The molecule has 1 aromatic heterocycles. The molecule has 1 fully saturated rings. The van der Waals surface area contributed by atoms with Crippen molar-refractivity contribution in [2.45, 2.75) is 51.4 Å². The Morgan fingerprint density at radius 1 is 1.30 bits per heavy atom. The summed E-state index contributed by atoms with van der Waals surface area (Å²) in [6.45, 7) is 4.40. The maximum Gasteiger partial charge on any atom is 0.135 e. The molecule has 0 amide bonds. The average Bonchev–Trinajstić information content (AvgIpc) is 2.47. The van der Waals surface area contributed by atoms with E-state index in [1.165, 1.54) is 32.1 Å². The Balaban J connectivity index is 1.90. The molecule has 4 nitrogen and oxygen atoms in total. The Labute approximate surface area is 126 Å². The van der Waals surface area contributed by atoms with Gasteiger partial charge in [-0.3, -0.25) is 0 Å². The number of aromatic nitrogens is 2. The predicted molar refractivity (Wildman–Crippen MR) is 82.5 cm³/mol. The number of halogens is 1. The van der Waals surface area contributed by atoms with E-state index in [0.29, 0.717) is 11.1 Å². The van der Waals surface area contributed by atoms with Crippen molar-refractivity contribution < 1.29 is 4.74 Å². The van der Waals surface area contributed by atoms with Crippen LogP contribution in [0.3, 0.4) is 0 Å². The number of anilines is 1. The molecule has 0 spiro atoms. The third-order valence-electron chi connectivity index (χ3n) is 3.66. The second-order valence-corrected chi connectivity index (χ2v) is 5.63. The Morgan fingerprint density at radius 2 is 2.10 bits per heavy atom. The molecule has 0 atom stereocenters. The van der Waals surface area contributed by atoms with Crippen molar-refractivity contribution in [1.29, 1.82) is 0 Å². The van der Waals surface area contributed by atoms with Crippen LogP contribution < -0.4 is 5.32 Å². The zero-order chi connectivity index (χ0) is 14.2. The van der Waals surface area contributed by atoms with E-state index in [1.54, 1.807) is 6.07 Å². The zero-order valence-corrected chi connectivity index (χ0v) is 13.0. The summed E-state index contributed by atoms with van der Waals surface area (Å²) in [5.74, 6) is 2.22. The Kier molecular flexibility index (Phi) is 6.54. The standard InChI is InChI=1S/C15H24ClN3O/c1-2-20-10-6-9-17-14-11-13(16)18-15(19-14)12-7-4-3-5-8-12/h11-12H,2-10H2,1H3,(H,17,18,19). The minimum Gasteiger partial charge on any atom is -0.382 e.